The summed E-state index contributed by atoms with van der Waals surface area (Å²) in [7, 11) is 0. The molecule has 1 aliphatic heterocycles. The Morgan fingerprint density at radius 1 is 1.07 bits per heavy atom. The highest BCUT2D eigenvalue weighted by Crippen LogP contribution is 2.33. The van der Waals surface area contributed by atoms with Gasteiger partial charge in [-0.15, -0.1) is 11.3 Å². The summed E-state index contributed by atoms with van der Waals surface area (Å²) in [4.78, 5) is 30.5. The lowest BCUT2D eigenvalue weighted by atomic mass is 10.1. The van der Waals surface area contributed by atoms with Crippen LogP contribution < -0.4 is 5.32 Å². The number of piperazine rings is 1. The van der Waals surface area contributed by atoms with Crippen molar-refractivity contribution in [3.8, 4) is 0 Å². The number of rotatable bonds is 7. The predicted octanol–water partition coefficient (Wildman–Crippen LogP) is 3.30. The predicted molar refractivity (Wildman–Crippen MR) is 117 cm³/mol. The number of nitrogens with zero attached hydrogens (tertiary/aromatic N) is 2. The number of aryl methyl sites for hydroxylation is 1. The minimum absolute atomic E-state index is 0.0895. The molecule has 1 fully saturated rings. The van der Waals surface area contributed by atoms with E-state index in [1.165, 1.54) is 16.9 Å². The van der Waals surface area contributed by atoms with Crippen LogP contribution in [0, 0.1) is 13.8 Å². The van der Waals surface area contributed by atoms with E-state index in [1.54, 1.807) is 6.92 Å². The average molecular weight is 416 g/mol. The normalized spacial score (nSPS) is 15.3. The maximum absolute atomic E-state index is 12.6. The smallest absolute Gasteiger partial charge is 0.341 e. The molecule has 0 atom stereocenters. The van der Waals surface area contributed by atoms with Crippen LogP contribution in [-0.4, -0.2) is 61.0 Å². The van der Waals surface area contributed by atoms with Crippen molar-refractivity contribution in [2.75, 3.05) is 44.6 Å². The third-order valence-corrected chi connectivity index (χ3v) is 6.32. The minimum Gasteiger partial charge on any atom is -0.462 e. The molecule has 1 N–H and O–H groups in total. The minimum atomic E-state index is -0.376. The highest BCUT2D eigenvalue weighted by molar-refractivity contribution is 7.16. The molecule has 1 saturated heterocycles. The summed E-state index contributed by atoms with van der Waals surface area (Å²) in [6, 6.07) is 10.4. The zero-order valence-electron chi connectivity index (χ0n) is 17.4. The second kappa shape index (κ2) is 10.0. The molecular formula is C22H29N3O3S. The van der Waals surface area contributed by atoms with Crippen LogP contribution in [0.15, 0.2) is 30.3 Å². The number of ether oxygens (including phenoxy) is 1. The molecule has 0 aliphatic carbocycles. The molecule has 7 heteroatoms. The third-order valence-electron chi connectivity index (χ3n) is 5.20. The summed E-state index contributed by atoms with van der Waals surface area (Å²) in [5.41, 5.74) is 2.67. The van der Waals surface area contributed by atoms with Crippen molar-refractivity contribution in [2.45, 2.75) is 27.3 Å². The van der Waals surface area contributed by atoms with Crippen LogP contribution in [0.2, 0.25) is 0 Å². The first-order chi connectivity index (χ1) is 14.0. The first-order valence-corrected chi connectivity index (χ1v) is 10.8. The molecule has 156 valence electrons. The largest absolute Gasteiger partial charge is 0.462 e. The Morgan fingerprint density at radius 3 is 2.38 bits per heavy atom. The molecule has 0 spiro atoms. The van der Waals surface area contributed by atoms with Crippen molar-refractivity contribution in [1.29, 1.82) is 0 Å². The highest BCUT2D eigenvalue weighted by atomic mass is 32.1. The molecule has 6 nitrogen and oxygen atoms in total. The van der Waals surface area contributed by atoms with E-state index in [1.807, 2.05) is 19.9 Å². The van der Waals surface area contributed by atoms with E-state index in [2.05, 4.69) is 39.4 Å². The summed E-state index contributed by atoms with van der Waals surface area (Å²) in [5.74, 6) is -0.465. The van der Waals surface area contributed by atoms with Gasteiger partial charge in [0.1, 0.15) is 5.00 Å². The number of carbonyl (C=O) groups is 2. The van der Waals surface area contributed by atoms with Crippen LogP contribution in [-0.2, 0) is 16.1 Å². The monoisotopic (exact) mass is 415 g/mol. The highest BCUT2D eigenvalue weighted by Gasteiger charge is 2.24. The number of anilines is 1. The zero-order chi connectivity index (χ0) is 20.8. The lowest BCUT2D eigenvalue weighted by Crippen LogP contribution is -2.48. The van der Waals surface area contributed by atoms with Gasteiger partial charge >= 0.3 is 5.97 Å². The number of esters is 1. The summed E-state index contributed by atoms with van der Waals surface area (Å²) in [5, 5.41) is 3.52. The van der Waals surface area contributed by atoms with Crippen LogP contribution in [0.3, 0.4) is 0 Å². The van der Waals surface area contributed by atoms with Gasteiger partial charge in [0, 0.05) is 37.6 Å². The lowest BCUT2D eigenvalue weighted by Gasteiger charge is -2.34. The Hall–Kier alpha value is -2.22. The van der Waals surface area contributed by atoms with Gasteiger partial charge in [-0.1, -0.05) is 30.3 Å². The quantitative estimate of drug-likeness (QED) is 0.703. The number of benzene rings is 1. The van der Waals surface area contributed by atoms with Crippen LogP contribution in [0.1, 0.15) is 33.3 Å². The Balaban J connectivity index is 1.52. The van der Waals surface area contributed by atoms with Crippen LogP contribution in [0.4, 0.5) is 5.00 Å². The van der Waals surface area contributed by atoms with Crippen molar-refractivity contribution >= 4 is 28.2 Å². The maximum Gasteiger partial charge on any atom is 0.341 e. The van der Waals surface area contributed by atoms with Crippen LogP contribution in [0.5, 0.6) is 0 Å². The molecule has 3 rings (SSSR count). The Kier molecular flexibility index (Phi) is 7.41. The molecule has 1 aromatic heterocycles. The second-order valence-electron chi connectivity index (χ2n) is 7.29. The first kappa shape index (κ1) is 21.5. The van der Waals surface area contributed by atoms with E-state index < -0.39 is 0 Å². The maximum atomic E-state index is 12.6. The van der Waals surface area contributed by atoms with Gasteiger partial charge in [0.25, 0.3) is 0 Å². The molecule has 0 radical (unpaired) electrons. The number of hydrogen-bond donors (Lipinski definition) is 1. The Labute approximate surface area is 176 Å². The standard InChI is InChI=1S/C22H29N3O3S/c1-4-28-22(27)20-16(2)17(3)29-21(20)23-19(26)15-25-12-10-24(11-13-25)14-18-8-6-5-7-9-18/h5-9H,4,10-15H2,1-3H3,(H,23,26). The molecule has 1 amide bonds. The fourth-order valence-electron chi connectivity index (χ4n) is 3.48. The fourth-order valence-corrected chi connectivity index (χ4v) is 4.55. The van der Waals surface area contributed by atoms with Gasteiger partial charge in [-0.2, -0.15) is 0 Å². The van der Waals surface area contributed by atoms with E-state index in [0.717, 1.165) is 43.2 Å². The van der Waals surface area contributed by atoms with Crippen LogP contribution >= 0.6 is 11.3 Å². The van der Waals surface area contributed by atoms with Gasteiger partial charge in [0.05, 0.1) is 18.7 Å². The van der Waals surface area contributed by atoms with Crippen molar-refractivity contribution < 1.29 is 14.3 Å². The van der Waals surface area contributed by atoms with Gasteiger partial charge in [-0.05, 0) is 31.9 Å². The van der Waals surface area contributed by atoms with E-state index in [9.17, 15) is 9.59 Å². The lowest BCUT2D eigenvalue weighted by molar-refractivity contribution is -0.117. The number of nitrogens with one attached hydrogen (secondary N) is 1. The molecule has 0 bridgehead atoms. The van der Waals surface area contributed by atoms with Crippen molar-refractivity contribution in [1.82, 2.24) is 9.80 Å². The topological polar surface area (TPSA) is 61.9 Å². The second-order valence-corrected chi connectivity index (χ2v) is 8.52. The SMILES string of the molecule is CCOC(=O)c1c(NC(=O)CN2CCN(Cc3ccccc3)CC2)sc(C)c1C. The fraction of sp³-hybridized carbons (Fsp3) is 0.455. The molecule has 29 heavy (non-hydrogen) atoms. The Morgan fingerprint density at radius 2 is 1.72 bits per heavy atom. The number of hydrogen-bond acceptors (Lipinski definition) is 6. The Bertz CT molecular complexity index is 842. The van der Waals surface area contributed by atoms with Crippen molar-refractivity contribution in [3.05, 3.63) is 51.9 Å². The number of carbonyl (C=O) groups excluding carboxylic acids is 2. The molecular weight excluding hydrogens is 386 g/mol. The van der Waals surface area contributed by atoms with Gasteiger partial charge in [-0.25, -0.2) is 4.79 Å². The van der Waals surface area contributed by atoms with Crippen molar-refractivity contribution in [2.24, 2.45) is 0 Å². The average Bonchev–Trinajstić information content (AvgIpc) is 2.97. The van der Waals surface area contributed by atoms with E-state index >= 15 is 0 Å². The van der Waals surface area contributed by atoms with Gasteiger partial charge < -0.3 is 10.1 Å². The molecule has 2 aromatic rings. The molecule has 1 aliphatic rings. The number of thiophene rings is 1. The van der Waals surface area contributed by atoms with E-state index in [0.29, 0.717) is 23.7 Å². The van der Waals surface area contributed by atoms with Crippen LogP contribution in [0.25, 0.3) is 0 Å². The van der Waals surface area contributed by atoms with E-state index in [-0.39, 0.29) is 11.9 Å². The van der Waals surface area contributed by atoms with Gasteiger partial charge in [0.15, 0.2) is 0 Å². The van der Waals surface area contributed by atoms with Gasteiger partial charge in [0.2, 0.25) is 5.91 Å². The summed E-state index contributed by atoms with van der Waals surface area (Å²) < 4.78 is 5.16. The molecule has 0 unspecified atom stereocenters. The summed E-state index contributed by atoms with van der Waals surface area (Å²) in [6.07, 6.45) is 0. The summed E-state index contributed by atoms with van der Waals surface area (Å²) in [6.45, 7) is 10.8. The third kappa shape index (κ3) is 5.65. The molecule has 0 saturated carbocycles. The van der Waals surface area contributed by atoms with Crippen molar-refractivity contribution in [3.63, 3.8) is 0 Å². The number of amides is 1. The van der Waals surface area contributed by atoms with E-state index in [4.69, 9.17) is 4.74 Å². The molecule has 2 heterocycles. The summed E-state index contributed by atoms with van der Waals surface area (Å²) >= 11 is 1.43. The molecule has 1 aromatic carbocycles. The first-order valence-electron chi connectivity index (χ1n) is 10.0. The zero-order valence-corrected chi connectivity index (χ0v) is 18.2. The van der Waals surface area contributed by atoms with Gasteiger partial charge in [-0.3, -0.25) is 14.6 Å².